The average Bonchev–Trinajstić information content (AvgIpc) is 2.85. The van der Waals surface area contributed by atoms with E-state index in [0.29, 0.717) is 19.1 Å². The van der Waals surface area contributed by atoms with Gasteiger partial charge in [0, 0.05) is 19.1 Å². The van der Waals surface area contributed by atoms with Gasteiger partial charge in [-0.1, -0.05) is 19.8 Å². The number of carbonyl (C=O) groups is 2. The van der Waals surface area contributed by atoms with Gasteiger partial charge in [-0.3, -0.25) is 9.59 Å². The standard InChI is InChI=1S/C13H24N2O3/c1-3-15(9-10(2)13(17)18)12(16)8-14-11-6-4-5-7-11/h10-11,14H,3-9H2,1-2H3,(H,17,18). The summed E-state index contributed by atoms with van der Waals surface area (Å²) in [5, 5.41) is 12.1. The molecule has 5 heteroatoms. The van der Waals surface area contributed by atoms with E-state index in [1.807, 2.05) is 6.92 Å². The fourth-order valence-electron chi connectivity index (χ4n) is 2.29. The van der Waals surface area contributed by atoms with Crippen LogP contribution in [0.1, 0.15) is 39.5 Å². The third kappa shape index (κ3) is 4.64. The molecule has 0 bridgehead atoms. The third-order valence-electron chi connectivity index (χ3n) is 3.55. The Morgan fingerprint density at radius 2 is 2.00 bits per heavy atom. The SMILES string of the molecule is CCN(CC(C)C(=O)O)C(=O)CNC1CCCC1. The van der Waals surface area contributed by atoms with Crippen LogP contribution in [0.4, 0.5) is 0 Å². The average molecular weight is 256 g/mol. The van der Waals surface area contributed by atoms with E-state index in [2.05, 4.69) is 5.32 Å². The van der Waals surface area contributed by atoms with Crippen LogP contribution in [0.2, 0.25) is 0 Å². The Balaban J connectivity index is 2.33. The third-order valence-corrected chi connectivity index (χ3v) is 3.55. The lowest BCUT2D eigenvalue weighted by atomic mass is 10.1. The smallest absolute Gasteiger partial charge is 0.308 e. The minimum Gasteiger partial charge on any atom is -0.481 e. The summed E-state index contributed by atoms with van der Waals surface area (Å²) in [6, 6.07) is 0.463. The highest BCUT2D eigenvalue weighted by molar-refractivity contribution is 5.79. The lowest BCUT2D eigenvalue weighted by Crippen LogP contribution is -2.43. The van der Waals surface area contributed by atoms with Gasteiger partial charge >= 0.3 is 5.97 Å². The molecule has 2 N–H and O–H groups in total. The highest BCUT2D eigenvalue weighted by Crippen LogP contribution is 2.17. The molecule has 1 aliphatic carbocycles. The van der Waals surface area contributed by atoms with Crippen molar-refractivity contribution in [1.29, 1.82) is 0 Å². The minimum atomic E-state index is -0.856. The zero-order chi connectivity index (χ0) is 13.5. The lowest BCUT2D eigenvalue weighted by molar-refractivity contribution is -0.142. The van der Waals surface area contributed by atoms with Crippen LogP contribution in [-0.4, -0.2) is 47.6 Å². The molecule has 0 spiro atoms. The first-order chi connectivity index (χ1) is 8.54. The first-order valence-electron chi connectivity index (χ1n) is 6.78. The van der Waals surface area contributed by atoms with E-state index < -0.39 is 11.9 Å². The number of aliphatic carboxylic acids is 1. The van der Waals surface area contributed by atoms with Gasteiger partial charge in [0.2, 0.25) is 5.91 Å². The van der Waals surface area contributed by atoms with Crippen molar-refractivity contribution >= 4 is 11.9 Å². The molecule has 0 heterocycles. The molecule has 1 saturated carbocycles. The van der Waals surface area contributed by atoms with Crippen LogP contribution in [0, 0.1) is 5.92 Å². The Bertz CT molecular complexity index is 288. The number of hydrogen-bond acceptors (Lipinski definition) is 3. The number of likely N-dealkylation sites (N-methyl/N-ethyl adjacent to an activating group) is 1. The first kappa shape index (κ1) is 15.0. The largest absolute Gasteiger partial charge is 0.481 e. The predicted molar refractivity (Wildman–Crippen MR) is 69.3 cm³/mol. The number of carbonyl (C=O) groups excluding carboxylic acids is 1. The maximum Gasteiger partial charge on any atom is 0.308 e. The fourth-order valence-corrected chi connectivity index (χ4v) is 2.29. The zero-order valence-electron chi connectivity index (χ0n) is 11.3. The van der Waals surface area contributed by atoms with E-state index in [1.54, 1.807) is 11.8 Å². The van der Waals surface area contributed by atoms with Crippen LogP contribution in [-0.2, 0) is 9.59 Å². The quantitative estimate of drug-likeness (QED) is 0.715. The molecule has 1 unspecified atom stereocenters. The van der Waals surface area contributed by atoms with Crippen molar-refractivity contribution in [3.63, 3.8) is 0 Å². The topological polar surface area (TPSA) is 69.6 Å². The lowest BCUT2D eigenvalue weighted by Gasteiger charge is -2.24. The van der Waals surface area contributed by atoms with E-state index in [0.717, 1.165) is 12.8 Å². The number of hydrogen-bond donors (Lipinski definition) is 2. The second kappa shape index (κ2) is 7.36. The summed E-state index contributed by atoms with van der Waals surface area (Å²) in [5.74, 6) is -1.37. The minimum absolute atomic E-state index is 0.00231. The van der Waals surface area contributed by atoms with Crippen LogP contribution >= 0.6 is 0 Å². The number of nitrogens with zero attached hydrogens (tertiary/aromatic N) is 1. The summed E-state index contributed by atoms with van der Waals surface area (Å²) in [7, 11) is 0. The highest BCUT2D eigenvalue weighted by atomic mass is 16.4. The van der Waals surface area contributed by atoms with Gasteiger partial charge in [0.05, 0.1) is 12.5 Å². The van der Waals surface area contributed by atoms with E-state index >= 15 is 0 Å². The van der Waals surface area contributed by atoms with Gasteiger partial charge in [0.15, 0.2) is 0 Å². The molecular formula is C13H24N2O3. The van der Waals surface area contributed by atoms with Gasteiger partial charge in [-0.2, -0.15) is 0 Å². The number of amides is 1. The molecule has 1 amide bonds. The normalized spacial score (nSPS) is 17.7. The summed E-state index contributed by atoms with van der Waals surface area (Å²) in [5.41, 5.74) is 0. The Morgan fingerprint density at radius 3 is 2.50 bits per heavy atom. The Kier molecular flexibility index (Phi) is 6.12. The van der Waals surface area contributed by atoms with E-state index in [-0.39, 0.29) is 12.5 Å². The Morgan fingerprint density at radius 1 is 1.39 bits per heavy atom. The Labute approximate surface area is 109 Å². The van der Waals surface area contributed by atoms with Crippen LogP contribution in [0.25, 0.3) is 0 Å². The molecule has 0 aromatic heterocycles. The van der Waals surface area contributed by atoms with Crippen LogP contribution in [0.15, 0.2) is 0 Å². The number of rotatable bonds is 7. The molecule has 5 nitrogen and oxygen atoms in total. The van der Waals surface area contributed by atoms with E-state index in [1.165, 1.54) is 12.8 Å². The molecule has 1 fully saturated rings. The van der Waals surface area contributed by atoms with E-state index in [4.69, 9.17) is 5.11 Å². The molecule has 0 aliphatic heterocycles. The molecule has 104 valence electrons. The monoisotopic (exact) mass is 256 g/mol. The van der Waals surface area contributed by atoms with Gasteiger partial charge in [0.1, 0.15) is 0 Å². The zero-order valence-corrected chi connectivity index (χ0v) is 11.3. The molecule has 1 atom stereocenters. The van der Waals surface area contributed by atoms with Crippen molar-refractivity contribution in [3.8, 4) is 0 Å². The van der Waals surface area contributed by atoms with Crippen molar-refractivity contribution in [2.75, 3.05) is 19.6 Å². The van der Waals surface area contributed by atoms with Gasteiger partial charge in [-0.15, -0.1) is 0 Å². The van der Waals surface area contributed by atoms with Gasteiger partial charge < -0.3 is 15.3 Å². The van der Waals surface area contributed by atoms with Gasteiger partial charge in [0.25, 0.3) is 0 Å². The van der Waals surface area contributed by atoms with E-state index in [9.17, 15) is 9.59 Å². The van der Waals surface area contributed by atoms with Crippen LogP contribution in [0.5, 0.6) is 0 Å². The second-order valence-electron chi connectivity index (χ2n) is 5.03. The predicted octanol–water partition coefficient (Wildman–Crippen LogP) is 1.09. The van der Waals surface area contributed by atoms with Gasteiger partial charge in [-0.05, 0) is 19.8 Å². The van der Waals surface area contributed by atoms with Crippen molar-refractivity contribution in [1.82, 2.24) is 10.2 Å². The van der Waals surface area contributed by atoms with Crippen molar-refractivity contribution in [2.24, 2.45) is 5.92 Å². The molecule has 0 aromatic rings. The molecule has 18 heavy (non-hydrogen) atoms. The summed E-state index contributed by atoms with van der Waals surface area (Å²) >= 11 is 0. The molecular weight excluding hydrogens is 232 g/mol. The number of carboxylic acids is 1. The molecule has 0 radical (unpaired) electrons. The maximum absolute atomic E-state index is 12.0. The molecule has 1 rings (SSSR count). The summed E-state index contributed by atoms with van der Waals surface area (Å²) < 4.78 is 0. The van der Waals surface area contributed by atoms with Crippen molar-refractivity contribution in [2.45, 2.75) is 45.6 Å². The number of carboxylic acid groups (broad SMARTS) is 1. The summed E-state index contributed by atoms with van der Waals surface area (Å²) in [6.45, 7) is 4.68. The first-order valence-corrected chi connectivity index (χ1v) is 6.78. The highest BCUT2D eigenvalue weighted by Gasteiger charge is 2.21. The van der Waals surface area contributed by atoms with Crippen molar-refractivity contribution < 1.29 is 14.7 Å². The summed E-state index contributed by atoms with van der Waals surface area (Å²) in [6.07, 6.45) is 4.76. The molecule has 0 saturated heterocycles. The maximum atomic E-state index is 12.0. The van der Waals surface area contributed by atoms with Gasteiger partial charge in [-0.25, -0.2) is 0 Å². The fraction of sp³-hybridized carbons (Fsp3) is 0.846. The molecule has 0 aromatic carbocycles. The second-order valence-corrected chi connectivity index (χ2v) is 5.03. The number of nitrogens with one attached hydrogen (secondary N) is 1. The van der Waals surface area contributed by atoms with Crippen molar-refractivity contribution in [3.05, 3.63) is 0 Å². The molecule has 1 aliphatic rings. The van der Waals surface area contributed by atoms with Crippen LogP contribution in [0.3, 0.4) is 0 Å². The Hall–Kier alpha value is -1.10. The van der Waals surface area contributed by atoms with Crippen LogP contribution < -0.4 is 5.32 Å². The summed E-state index contributed by atoms with van der Waals surface area (Å²) in [4.78, 5) is 24.4.